The highest BCUT2D eigenvalue weighted by molar-refractivity contribution is 6.04. The van der Waals surface area contributed by atoms with Crippen LogP contribution in [0, 0.1) is 11.6 Å². The predicted octanol–water partition coefficient (Wildman–Crippen LogP) is 5.12. The summed E-state index contributed by atoms with van der Waals surface area (Å²) in [5.74, 6) is -1.17. The molecule has 2 heterocycles. The van der Waals surface area contributed by atoms with Crippen molar-refractivity contribution in [3.8, 4) is 16.9 Å². The normalized spacial score (nSPS) is 14.8. The van der Waals surface area contributed by atoms with Crippen molar-refractivity contribution >= 4 is 18.3 Å². The van der Waals surface area contributed by atoms with E-state index >= 15 is 0 Å². The first-order valence-electron chi connectivity index (χ1n) is 11.7. The number of pyridine rings is 1. The van der Waals surface area contributed by atoms with Gasteiger partial charge < -0.3 is 25.1 Å². The van der Waals surface area contributed by atoms with Gasteiger partial charge in [0, 0.05) is 29.7 Å². The first-order valence-corrected chi connectivity index (χ1v) is 11.7. The summed E-state index contributed by atoms with van der Waals surface area (Å²) in [5.41, 5.74) is -0.375. The van der Waals surface area contributed by atoms with Gasteiger partial charge in [0.1, 0.15) is 18.0 Å². The first-order chi connectivity index (χ1) is 18.1. The maximum atomic E-state index is 15.0. The molecule has 4 rings (SSSR count). The number of carbonyl (C=O) groups excluding carboxylic acids is 1. The number of amides is 1. The fourth-order valence-electron chi connectivity index (χ4n) is 3.75. The van der Waals surface area contributed by atoms with E-state index in [1.54, 1.807) is 13.0 Å². The first kappa shape index (κ1) is 26.3. The molecule has 196 valence electrons. The van der Waals surface area contributed by atoms with Crippen molar-refractivity contribution in [3.63, 3.8) is 0 Å². The minimum atomic E-state index is -0.756. The third kappa shape index (κ3) is 5.64. The van der Waals surface area contributed by atoms with E-state index in [9.17, 15) is 18.4 Å². The number of hydrogen-bond acceptors (Lipinski definition) is 6. The minimum absolute atomic E-state index is 0.110. The lowest BCUT2D eigenvalue weighted by atomic mass is 10.0. The van der Waals surface area contributed by atoms with E-state index in [0.717, 1.165) is 6.07 Å². The second-order valence-electron chi connectivity index (χ2n) is 9.11. The molecule has 38 heavy (non-hydrogen) atoms. The molecule has 3 aromatic rings. The standard InChI is InChI=1S/C28H26F2N4O4/c1-5-22(25-26(31-4)34-28(2,3)15-37-25)38-23-11-10-18(12-21(23)30)33-27(36)20-14-32-13-19(24(20)35)16-6-8-17(29)9-7-16/h5-14,34H,4,15H2,1-3H3,(H,32,35)(H,33,36)/b22-5+. The second-order valence-corrected chi connectivity index (χ2v) is 9.11. The van der Waals surface area contributed by atoms with Crippen LogP contribution in [0.4, 0.5) is 14.5 Å². The molecule has 0 atom stereocenters. The predicted molar refractivity (Wildman–Crippen MR) is 141 cm³/mol. The number of aromatic nitrogens is 1. The highest BCUT2D eigenvalue weighted by Crippen LogP contribution is 2.29. The van der Waals surface area contributed by atoms with Gasteiger partial charge in [0.25, 0.3) is 5.91 Å². The highest BCUT2D eigenvalue weighted by atomic mass is 19.1. The van der Waals surface area contributed by atoms with Crippen LogP contribution in [0.1, 0.15) is 31.1 Å². The lowest BCUT2D eigenvalue weighted by molar-refractivity contribution is 0.102. The summed E-state index contributed by atoms with van der Waals surface area (Å²) in [6, 6.07) is 9.16. The topological polar surface area (TPSA) is 105 Å². The Morgan fingerprint density at radius 3 is 2.58 bits per heavy atom. The zero-order chi connectivity index (χ0) is 27.4. The number of anilines is 1. The minimum Gasteiger partial charge on any atom is -0.484 e. The molecule has 0 saturated carbocycles. The van der Waals surface area contributed by atoms with E-state index < -0.39 is 23.0 Å². The van der Waals surface area contributed by atoms with E-state index in [-0.39, 0.29) is 33.9 Å². The molecule has 0 unspecified atom stereocenters. The quantitative estimate of drug-likeness (QED) is 0.296. The van der Waals surface area contributed by atoms with Crippen LogP contribution in [0.2, 0.25) is 0 Å². The molecule has 0 spiro atoms. The zero-order valence-electron chi connectivity index (χ0n) is 21.0. The number of allylic oxidation sites excluding steroid dienone is 1. The molecular formula is C28H26F2N4O4. The number of nitrogens with zero attached hydrogens (tertiary/aromatic N) is 1. The van der Waals surface area contributed by atoms with Gasteiger partial charge in [-0.2, -0.15) is 0 Å². The number of rotatable bonds is 7. The van der Waals surface area contributed by atoms with Crippen LogP contribution in [-0.2, 0) is 4.74 Å². The molecule has 1 aliphatic heterocycles. The maximum Gasteiger partial charge on any atom is 0.261 e. The third-order valence-electron chi connectivity index (χ3n) is 5.65. The largest absolute Gasteiger partial charge is 0.484 e. The molecule has 0 aliphatic carbocycles. The van der Waals surface area contributed by atoms with Crippen molar-refractivity contribution in [1.29, 1.82) is 0 Å². The molecule has 8 nitrogen and oxygen atoms in total. The summed E-state index contributed by atoms with van der Waals surface area (Å²) >= 11 is 0. The number of aromatic amines is 1. The SMILES string of the molecule is C=NC1=C(/C(=C\C)Oc2ccc(NC(=O)c3c[nH]cc(-c4ccc(F)cc4)c3=O)cc2F)OCC(C)(C)N1. The number of hydrogen-bond donors (Lipinski definition) is 3. The number of halogens is 2. The number of benzene rings is 2. The van der Waals surface area contributed by atoms with Gasteiger partial charge in [0.2, 0.25) is 11.2 Å². The van der Waals surface area contributed by atoms with Crippen molar-refractivity contribution in [1.82, 2.24) is 10.3 Å². The smallest absolute Gasteiger partial charge is 0.261 e. The highest BCUT2D eigenvalue weighted by Gasteiger charge is 2.30. The fraction of sp³-hybridized carbons (Fsp3) is 0.179. The Morgan fingerprint density at radius 2 is 1.92 bits per heavy atom. The van der Waals surface area contributed by atoms with E-state index in [1.165, 1.54) is 48.8 Å². The van der Waals surface area contributed by atoms with Gasteiger partial charge in [0.05, 0.1) is 5.54 Å². The molecule has 10 heteroatoms. The van der Waals surface area contributed by atoms with E-state index in [0.29, 0.717) is 23.8 Å². The molecule has 0 radical (unpaired) electrons. The maximum absolute atomic E-state index is 15.0. The van der Waals surface area contributed by atoms with Gasteiger partial charge in [-0.25, -0.2) is 13.8 Å². The summed E-state index contributed by atoms with van der Waals surface area (Å²) in [6.07, 6.45) is 4.28. The number of H-pyrrole nitrogens is 1. The average molecular weight is 521 g/mol. The molecule has 0 bridgehead atoms. The van der Waals surface area contributed by atoms with Gasteiger partial charge in [-0.05, 0) is 63.4 Å². The van der Waals surface area contributed by atoms with Crippen LogP contribution in [-0.4, -0.2) is 29.8 Å². The van der Waals surface area contributed by atoms with Crippen LogP contribution in [0.25, 0.3) is 11.1 Å². The Hall–Kier alpha value is -4.73. The van der Waals surface area contributed by atoms with E-state index in [1.807, 2.05) is 13.8 Å². The Balaban J connectivity index is 1.53. The van der Waals surface area contributed by atoms with Gasteiger partial charge in [0.15, 0.2) is 23.1 Å². The molecule has 1 aliphatic rings. The van der Waals surface area contributed by atoms with Crippen LogP contribution in [0.3, 0.4) is 0 Å². The Morgan fingerprint density at radius 1 is 1.18 bits per heavy atom. The molecule has 1 aromatic heterocycles. The second kappa shape index (κ2) is 10.7. The Bertz CT molecular complexity index is 1510. The zero-order valence-corrected chi connectivity index (χ0v) is 21.0. The number of aliphatic imine (C=N–C) groups is 1. The van der Waals surface area contributed by atoms with Crippen LogP contribution in [0.15, 0.2) is 88.1 Å². The molecule has 0 fully saturated rings. The van der Waals surface area contributed by atoms with Crippen molar-refractivity contribution in [2.75, 3.05) is 11.9 Å². The molecule has 1 amide bonds. The lowest BCUT2D eigenvalue weighted by Crippen LogP contribution is -2.46. The number of carbonyl (C=O) groups is 1. The van der Waals surface area contributed by atoms with E-state index in [2.05, 4.69) is 27.3 Å². The molecule has 0 saturated heterocycles. The summed E-state index contributed by atoms with van der Waals surface area (Å²) in [6.45, 7) is 9.46. The molecular weight excluding hydrogens is 494 g/mol. The van der Waals surface area contributed by atoms with Crippen molar-refractivity contribution in [2.45, 2.75) is 26.3 Å². The van der Waals surface area contributed by atoms with Crippen LogP contribution < -0.4 is 20.8 Å². The van der Waals surface area contributed by atoms with Gasteiger partial charge >= 0.3 is 0 Å². The van der Waals surface area contributed by atoms with Crippen LogP contribution in [0.5, 0.6) is 5.75 Å². The Kier molecular flexibility index (Phi) is 7.43. The number of ether oxygens (including phenoxy) is 2. The van der Waals surface area contributed by atoms with Gasteiger partial charge in [-0.1, -0.05) is 12.1 Å². The average Bonchev–Trinajstić information content (AvgIpc) is 2.89. The van der Waals surface area contributed by atoms with Crippen molar-refractivity contribution in [3.05, 3.63) is 106 Å². The fourth-order valence-corrected chi connectivity index (χ4v) is 3.75. The van der Waals surface area contributed by atoms with E-state index in [4.69, 9.17) is 9.47 Å². The summed E-state index contributed by atoms with van der Waals surface area (Å²) in [5, 5.41) is 5.71. The van der Waals surface area contributed by atoms with Crippen molar-refractivity contribution in [2.24, 2.45) is 4.99 Å². The summed E-state index contributed by atoms with van der Waals surface area (Å²) in [7, 11) is 0. The summed E-state index contributed by atoms with van der Waals surface area (Å²) in [4.78, 5) is 32.4. The van der Waals surface area contributed by atoms with Crippen LogP contribution >= 0.6 is 0 Å². The monoisotopic (exact) mass is 520 g/mol. The summed E-state index contributed by atoms with van der Waals surface area (Å²) < 4.78 is 39.8. The lowest BCUT2D eigenvalue weighted by Gasteiger charge is -2.34. The Labute approximate surface area is 217 Å². The van der Waals surface area contributed by atoms with Gasteiger partial charge in [-0.15, -0.1) is 0 Å². The van der Waals surface area contributed by atoms with Crippen molar-refractivity contribution < 1.29 is 23.0 Å². The van der Waals surface area contributed by atoms with Gasteiger partial charge in [-0.3, -0.25) is 9.59 Å². The third-order valence-corrected chi connectivity index (χ3v) is 5.65. The number of nitrogens with one attached hydrogen (secondary N) is 3. The molecule has 2 aromatic carbocycles. The molecule has 3 N–H and O–H groups in total.